The molecule has 1 nitrogen and oxygen atoms in total. The maximum absolute atomic E-state index is 13.0. The SMILES string of the molecule is CCCCCCCCCC(OC1CCCCC1)C(F)(F)F. The summed E-state index contributed by atoms with van der Waals surface area (Å²) in [5.74, 6) is 0. The summed E-state index contributed by atoms with van der Waals surface area (Å²) in [4.78, 5) is 0. The third kappa shape index (κ3) is 8.70. The van der Waals surface area contributed by atoms with Crippen molar-refractivity contribution in [2.45, 2.75) is 109 Å². The van der Waals surface area contributed by atoms with Crippen LogP contribution in [0, 0.1) is 0 Å². The largest absolute Gasteiger partial charge is 0.414 e. The molecule has 1 fully saturated rings. The predicted octanol–water partition coefficient (Wildman–Crippen LogP) is 6.41. The monoisotopic (exact) mass is 308 g/mol. The molecule has 0 heterocycles. The fourth-order valence-electron chi connectivity index (χ4n) is 3.03. The van der Waals surface area contributed by atoms with E-state index in [9.17, 15) is 13.2 Å². The smallest absolute Gasteiger partial charge is 0.366 e. The van der Waals surface area contributed by atoms with Gasteiger partial charge in [-0.3, -0.25) is 0 Å². The zero-order valence-electron chi connectivity index (χ0n) is 13.4. The van der Waals surface area contributed by atoms with Crippen LogP contribution in [0.5, 0.6) is 0 Å². The molecule has 21 heavy (non-hydrogen) atoms. The molecule has 0 radical (unpaired) electrons. The number of halogens is 3. The lowest BCUT2D eigenvalue weighted by atomic mass is 9.97. The van der Waals surface area contributed by atoms with Crippen molar-refractivity contribution in [3.8, 4) is 0 Å². The summed E-state index contributed by atoms with van der Waals surface area (Å²) in [5, 5.41) is 0. The standard InChI is InChI=1S/C17H31F3O/c1-2-3-4-5-6-7-11-14-16(17(18,19)20)21-15-12-9-8-10-13-15/h15-16H,2-14H2,1H3. The number of unbranched alkanes of at least 4 members (excludes halogenated alkanes) is 6. The first-order valence-electron chi connectivity index (χ1n) is 8.76. The summed E-state index contributed by atoms with van der Waals surface area (Å²) in [6, 6.07) is 0. The summed E-state index contributed by atoms with van der Waals surface area (Å²) in [6.07, 6.45) is 6.30. The second-order valence-electron chi connectivity index (χ2n) is 6.34. The average molecular weight is 308 g/mol. The van der Waals surface area contributed by atoms with Crippen LogP contribution in [0.1, 0.15) is 90.4 Å². The lowest BCUT2D eigenvalue weighted by Crippen LogP contribution is -2.36. The molecule has 0 bridgehead atoms. The number of hydrogen-bond acceptors (Lipinski definition) is 1. The fraction of sp³-hybridized carbons (Fsp3) is 1.00. The molecule has 0 N–H and O–H groups in total. The molecule has 4 heteroatoms. The van der Waals surface area contributed by atoms with Crippen LogP contribution < -0.4 is 0 Å². The van der Waals surface area contributed by atoms with Crippen LogP contribution in [0.25, 0.3) is 0 Å². The van der Waals surface area contributed by atoms with Crippen molar-refractivity contribution in [3.63, 3.8) is 0 Å². The second kappa shape index (κ2) is 10.5. The zero-order chi connectivity index (χ0) is 15.6. The van der Waals surface area contributed by atoms with Gasteiger partial charge in [-0.1, -0.05) is 71.1 Å². The van der Waals surface area contributed by atoms with Gasteiger partial charge in [0.2, 0.25) is 0 Å². The maximum atomic E-state index is 13.0. The Morgan fingerprint density at radius 1 is 0.905 bits per heavy atom. The van der Waals surface area contributed by atoms with E-state index in [-0.39, 0.29) is 12.5 Å². The van der Waals surface area contributed by atoms with Crippen molar-refractivity contribution in [3.05, 3.63) is 0 Å². The van der Waals surface area contributed by atoms with Gasteiger partial charge in [-0.25, -0.2) is 0 Å². The predicted molar refractivity (Wildman–Crippen MR) is 80.4 cm³/mol. The molecule has 1 rings (SSSR count). The molecule has 1 atom stereocenters. The van der Waals surface area contributed by atoms with E-state index in [0.29, 0.717) is 6.42 Å². The Morgan fingerprint density at radius 2 is 1.48 bits per heavy atom. The van der Waals surface area contributed by atoms with Crippen molar-refractivity contribution < 1.29 is 17.9 Å². The summed E-state index contributed by atoms with van der Waals surface area (Å²) in [7, 11) is 0. The maximum Gasteiger partial charge on any atom is 0.414 e. The third-order valence-electron chi connectivity index (χ3n) is 4.34. The van der Waals surface area contributed by atoms with Crippen molar-refractivity contribution >= 4 is 0 Å². The van der Waals surface area contributed by atoms with Crippen LogP contribution in [-0.2, 0) is 4.74 Å². The summed E-state index contributed by atoms with van der Waals surface area (Å²) in [6.45, 7) is 2.16. The normalized spacial score (nSPS) is 18.9. The minimum Gasteiger partial charge on any atom is -0.366 e. The summed E-state index contributed by atoms with van der Waals surface area (Å²) in [5.41, 5.74) is 0. The van der Waals surface area contributed by atoms with E-state index in [2.05, 4.69) is 6.92 Å². The minimum atomic E-state index is -4.21. The topological polar surface area (TPSA) is 9.23 Å². The molecule has 1 aliphatic rings. The highest BCUT2D eigenvalue weighted by Crippen LogP contribution is 2.31. The van der Waals surface area contributed by atoms with Crippen LogP contribution in [-0.4, -0.2) is 18.4 Å². The highest BCUT2D eigenvalue weighted by atomic mass is 19.4. The number of alkyl halides is 3. The van der Waals surface area contributed by atoms with Crippen molar-refractivity contribution in [2.75, 3.05) is 0 Å². The number of hydrogen-bond donors (Lipinski definition) is 0. The van der Waals surface area contributed by atoms with Crippen LogP contribution >= 0.6 is 0 Å². The van der Waals surface area contributed by atoms with Gasteiger partial charge in [-0.05, 0) is 19.3 Å². The first kappa shape index (κ1) is 18.8. The minimum absolute atomic E-state index is 0.133. The average Bonchev–Trinajstić information content (AvgIpc) is 2.45. The van der Waals surface area contributed by atoms with Gasteiger partial charge < -0.3 is 4.74 Å². The molecule has 1 aliphatic carbocycles. The van der Waals surface area contributed by atoms with Crippen LogP contribution in [0.3, 0.4) is 0 Å². The van der Waals surface area contributed by atoms with Gasteiger partial charge in [0.1, 0.15) is 0 Å². The molecule has 126 valence electrons. The van der Waals surface area contributed by atoms with Crippen LogP contribution in [0.2, 0.25) is 0 Å². The van der Waals surface area contributed by atoms with Gasteiger partial charge in [0.05, 0.1) is 6.10 Å². The molecule has 0 aromatic carbocycles. The quantitative estimate of drug-likeness (QED) is 0.424. The van der Waals surface area contributed by atoms with E-state index >= 15 is 0 Å². The Kier molecular flexibility index (Phi) is 9.37. The van der Waals surface area contributed by atoms with E-state index in [0.717, 1.165) is 51.4 Å². The molecule has 0 saturated heterocycles. The lowest BCUT2D eigenvalue weighted by molar-refractivity contribution is -0.237. The van der Waals surface area contributed by atoms with Crippen molar-refractivity contribution in [1.29, 1.82) is 0 Å². The fourth-order valence-corrected chi connectivity index (χ4v) is 3.03. The van der Waals surface area contributed by atoms with E-state index in [4.69, 9.17) is 4.74 Å². The lowest BCUT2D eigenvalue weighted by Gasteiger charge is -2.29. The van der Waals surface area contributed by atoms with Crippen molar-refractivity contribution in [2.24, 2.45) is 0 Å². The van der Waals surface area contributed by atoms with Gasteiger partial charge in [0.15, 0.2) is 6.10 Å². The third-order valence-corrected chi connectivity index (χ3v) is 4.34. The Hall–Kier alpha value is -0.250. The molecule has 1 saturated carbocycles. The highest BCUT2D eigenvalue weighted by Gasteiger charge is 2.41. The molecule has 0 amide bonds. The van der Waals surface area contributed by atoms with E-state index in [1.165, 1.54) is 19.3 Å². The zero-order valence-corrected chi connectivity index (χ0v) is 13.4. The van der Waals surface area contributed by atoms with Crippen LogP contribution in [0.4, 0.5) is 13.2 Å². The molecule has 0 aliphatic heterocycles. The Labute approximate surface area is 127 Å². The van der Waals surface area contributed by atoms with Gasteiger partial charge in [-0.15, -0.1) is 0 Å². The van der Waals surface area contributed by atoms with Gasteiger partial charge in [0.25, 0.3) is 0 Å². The molecule has 0 aromatic heterocycles. The molecular formula is C17H31F3O. The highest BCUT2D eigenvalue weighted by molar-refractivity contribution is 4.73. The Balaban J connectivity index is 2.20. The first-order chi connectivity index (χ1) is 10.0. The van der Waals surface area contributed by atoms with E-state index < -0.39 is 12.3 Å². The molecule has 0 aromatic rings. The molecule has 1 unspecified atom stereocenters. The first-order valence-corrected chi connectivity index (χ1v) is 8.76. The van der Waals surface area contributed by atoms with Gasteiger partial charge in [-0.2, -0.15) is 13.2 Å². The number of ether oxygens (including phenoxy) is 1. The van der Waals surface area contributed by atoms with Crippen molar-refractivity contribution in [1.82, 2.24) is 0 Å². The number of rotatable bonds is 10. The van der Waals surface area contributed by atoms with Gasteiger partial charge in [0, 0.05) is 0 Å². The van der Waals surface area contributed by atoms with Gasteiger partial charge >= 0.3 is 6.18 Å². The summed E-state index contributed by atoms with van der Waals surface area (Å²) < 4.78 is 44.5. The van der Waals surface area contributed by atoms with E-state index in [1.807, 2.05) is 0 Å². The second-order valence-corrected chi connectivity index (χ2v) is 6.34. The summed E-state index contributed by atoms with van der Waals surface area (Å²) >= 11 is 0. The Morgan fingerprint density at radius 3 is 2.05 bits per heavy atom. The van der Waals surface area contributed by atoms with E-state index in [1.54, 1.807) is 0 Å². The molecular weight excluding hydrogens is 277 g/mol. The van der Waals surface area contributed by atoms with Crippen LogP contribution in [0.15, 0.2) is 0 Å². The Bertz CT molecular complexity index is 247. The molecule has 0 spiro atoms.